The van der Waals surface area contributed by atoms with Crippen molar-refractivity contribution in [2.75, 3.05) is 7.05 Å². The second-order valence-electron chi connectivity index (χ2n) is 10.8. The molecule has 236 valence electrons. The Bertz CT molecular complexity index is 1600. The maximum Gasteiger partial charge on any atom is 0.293 e. The minimum atomic E-state index is -1.36. The quantitative estimate of drug-likeness (QED) is 0.219. The molecule has 1 unspecified atom stereocenters. The number of rotatable bonds is 12. The van der Waals surface area contributed by atoms with E-state index in [0.717, 1.165) is 38.9 Å². The summed E-state index contributed by atoms with van der Waals surface area (Å²) in [7, 11) is 1.43. The Hall–Kier alpha value is -4.75. The number of amides is 5. The Labute approximate surface area is 264 Å². The molecule has 3 aromatic rings. The number of thioether (sulfide) groups is 1. The van der Waals surface area contributed by atoms with Crippen LogP contribution < -0.4 is 16.0 Å². The molecule has 1 saturated heterocycles. The summed E-state index contributed by atoms with van der Waals surface area (Å²) in [6.45, 7) is 5.17. The molecule has 0 radical (unpaired) electrons. The van der Waals surface area contributed by atoms with E-state index in [0.29, 0.717) is 17.1 Å². The molecule has 45 heavy (non-hydrogen) atoms. The third kappa shape index (κ3) is 8.89. The molecule has 0 saturated carbocycles. The number of benzene rings is 2. The average molecular weight is 634 g/mol. The standard InChI is InChI=1S/C32H35N5O7S/c1-18-5-7-23(8-6-18)17-33-28(39)24(34-30(41)27(20(3)38)35-29(40)25-15-19(2)44-36-25)14-13-21-9-11-22(12-10-21)16-26-31(42)37(4)32(43)45-26/h5-12,15-16,20,24,27,38H,13-14,17H2,1-4H3,(H,33,39)(H,34,41)(H,35,40)/t20-,24?,27+/m1/s1. The maximum atomic E-state index is 13.3. The SMILES string of the molecule is Cc1ccc(CNC(=O)C(CCc2ccc(C=C3SC(=O)N(C)C3=O)cc2)NC(=O)[C@@H](NC(=O)c2cc(C)on2)[C@@H](C)O)cc1. The van der Waals surface area contributed by atoms with Crippen LogP contribution in [-0.2, 0) is 27.3 Å². The van der Waals surface area contributed by atoms with Gasteiger partial charge in [0, 0.05) is 19.7 Å². The fraction of sp³-hybridized carbons (Fsp3) is 0.312. The lowest BCUT2D eigenvalue weighted by molar-refractivity contribution is -0.131. The molecule has 4 N–H and O–H groups in total. The normalized spacial score (nSPS) is 15.9. The minimum absolute atomic E-state index is 0.0491. The van der Waals surface area contributed by atoms with E-state index in [1.807, 2.05) is 43.3 Å². The zero-order valence-corrected chi connectivity index (χ0v) is 26.1. The van der Waals surface area contributed by atoms with E-state index < -0.39 is 35.9 Å². The van der Waals surface area contributed by atoms with Gasteiger partial charge in [-0.1, -0.05) is 59.3 Å². The number of carbonyl (C=O) groups excluding carboxylic acids is 5. The molecule has 5 amide bonds. The Morgan fingerprint density at radius 2 is 1.67 bits per heavy atom. The van der Waals surface area contributed by atoms with Crippen molar-refractivity contribution in [3.8, 4) is 0 Å². The summed E-state index contributed by atoms with van der Waals surface area (Å²) in [5, 5.41) is 21.6. The zero-order valence-electron chi connectivity index (χ0n) is 25.3. The lowest BCUT2D eigenvalue weighted by Gasteiger charge is -2.24. The van der Waals surface area contributed by atoms with Crippen LogP contribution in [0, 0.1) is 13.8 Å². The number of nitrogens with one attached hydrogen (secondary N) is 3. The molecule has 3 atom stereocenters. The van der Waals surface area contributed by atoms with E-state index in [-0.39, 0.29) is 29.8 Å². The number of hydrogen-bond acceptors (Lipinski definition) is 9. The molecule has 4 rings (SSSR count). The van der Waals surface area contributed by atoms with Crippen LogP contribution in [0.2, 0.25) is 0 Å². The molecular formula is C32H35N5O7S. The van der Waals surface area contributed by atoms with Crippen molar-refractivity contribution in [1.82, 2.24) is 26.0 Å². The van der Waals surface area contributed by atoms with Gasteiger partial charge in [0.15, 0.2) is 5.69 Å². The molecule has 0 spiro atoms. The van der Waals surface area contributed by atoms with Crippen LogP contribution in [0.3, 0.4) is 0 Å². The van der Waals surface area contributed by atoms with Crippen LogP contribution in [-0.4, -0.2) is 69.3 Å². The summed E-state index contributed by atoms with van der Waals surface area (Å²) < 4.78 is 4.92. The van der Waals surface area contributed by atoms with Gasteiger partial charge in [-0.3, -0.25) is 28.9 Å². The molecule has 1 aliphatic heterocycles. The largest absolute Gasteiger partial charge is 0.391 e. The van der Waals surface area contributed by atoms with Crippen molar-refractivity contribution >= 4 is 46.7 Å². The molecular weight excluding hydrogens is 598 g/mol. The van der Waals surface area contributed by atoms with Gasteiger partial charge in [0.05, 0.1) is 11.0 Å². The number of hydrogen-bond donors (Lipinski definition) is 4. The molecule has 0 aliphatic carbocycles. The Morgan fingerprint density at radius 3 is 2.24 bits per heavy atom. The third-order valence-electron chi connectivity index (χ3n) is 7.12. The van der Waals surface area contributed by atoms with Crippen LogP contribution in [0.4, 0.5) is 4.79 Å². The number of aliphatic hydroxyl groups is 1. The predicted molar refractivity (Wildman–Crippen MR) is 168 cm³/mol. The second-order valence-corrected chi connectivity index (χ2v) is 11.8. The zero-order chi connectivity index (χ0) is 32.7. The monoisotopic (exact) mass is 633 g/mol. The van der Waals surface area contributed by atoms with Crippen LogP contribution in [0.25, 0.3) is 6.08 Å². The predicted octanol–water partition coefficient (Wildman–Crippen LogP) is 2.87. The summed E-state index contributed by atoms with van der Waals surface area (Å²) in [4.78, 5) is 64.6. The topological polar surface area (TPSA) is 171 Å². The summed E-state index contributed by atoms with van der Waals surface area (Å²) in [6.07, 6.45) is 0.978. The lowest BCUT2D eigenvalue weighted by Crippen LogP contribution is -2.57. The third-order valence-corrected chi connectivity index (χ3v) is 8.08. The van der Waals surface area contributed by atoms with Gasteiger partial charge in [0.2, 0.25) is 11.8 Å². The number of carbonyl (C=O) groups is 5. The van der Waals surface area contributed by atoms with Gasteiger partial charge >= 0.3 is 0 Å². The highest BCUT2D eigenvalue weighted by Crippen LogP contribution is 2.31. The lowest BCUT2D eigenvalue weighted by atomic mass is 10.0. The summed E-state index contributed by atoms with van der Waals surface area (Å²) in [5.74, 6) is -1.83. The number of imide groups is 1. The van der Waals surface area contributed by atoms with Crippen LogP contribution >= 0.6 is 11.8 Å². The van der Waals surface area contributed by atoms with Gasteiger partial charge < -0.3 is 25.6 Å². The van der Waals surface area contributed by atoms with E-state index in [9.17, 15) is 29.1 Å². The number of aliphatic hydroxyl groups excluding tert-OH is 1. The molecule has 2 aromatic carbocycles. The highest BCUT2D eigenvalue weighted by Gasteiger charge is 2.32. The molecule has 0 bridgehead atoms. The number of aryl methyl sites for hydroxylation is 3. The van der Waals surface area contributed by atoms with Crippen molar-refractivity contribution in [3.05, 3.63) is 93.2 Å². The van der Waals surface area contributed by atoms with Gasteiger partial charge in [-0.05, 0) is 68.1 Å². The van der Waals surface area contributed by atoms with E-state index in [2.05, 4.69) is 21.1 Å². The van der Waals surface area contributed by atoms with Crippen molar-refractivity contribution in [3.63, 3.8) is 0 Å². The van der Waals surface area contributed by atoms with Crippen molar-refractivity contribution in [2.45, 2.75) is 58.3 Å². The van der Waals surface area contributed by atoms with E-state index in [1.54, 1.807) is 25.1 Å². The van der Waals surface area contributed by atoms with Gasteiger partial charge in [-0.25, -0.2) is 0 Å². The van der Waals surface area contributed by atoms with Crippen LogP contribution in [0.15, 0.2) is 64.0 Å². The number of likely N-dealkylation sites (N-methyl/N-ethyl adjacent to an activating group) is 1. The van der Waals surface area contributed by atoms with E-state index in [1.165, 1.54) is 20.0 Å². The van der Waals surface area contributed by atoms with Crippen LogP contribution in [0.1, 0.15) is 51.8 Å². The molecule has 13 heteroatoms. The van der Waals surface area contributed by atoms with Crippen molar-refractivity contribution in [1.29, 1.82) is 0 Å². The first-order valence-corrected chi connectivity index (χ1v) is 15.1. The first kappa shape index (κ1) is 33.1. The van der Waals surface area contributed by atoms with Gasteiger partial charge in [-0.2, -0.15) is 0 Å². The van der Waals surface area contributed by atoms with E-state index >= 15 is 0 Å². The minimum Gasteiger partial charge on any atom is -0.391 e. The fourth-order valence-electron chi connectivity index (χ4n) is 4.43. The molecule has 1 fully saturated rings. The molecule has 12 nitrogen and oxygen atoms in total. The Kier molecular flexibility index (Phi) is 10.9. The Morgan fingerprint density at radius 1 is 1.00 bits per heavy atom. The van der Waals surface area contributed by atoms with Gasteiger partial charge in [-0.15, -0.1) is 0 Å². The smallest absolute Gasteiger partial charge is 0.293 e. The molecule has 2 heterocycles. The second kappa shape index (κ2) is 14.8. The first-order chi connectivity index (χ1) is 21.4. The highest BCUT2D eigenvalue weighted by atomic mass is 32.2. The summed E-state index contributed by atoms with van der Waals surface area (Å²) >= 11 is 0.877. The molecule has 1 aromatic heterocycles. The maximum absolute atomic E-state index is 13.3. The first-order valence-electron chi connectivity index (χ1n) is 14.3. The van der Waals surface area contributed by atoms with Gasteiger partial charge in [0.25, 0.3) is 17.1 Å². The Balaban J connectivity index is 1.45. The van der Waals surface area contributed by atoms with Gasteiger partial charge in [0.1, 0.15) is 17.8 Å². The highest BCUT2D eigenvalue weighted by molar-refractivity contribution is 8.18. The average Bonchev–Trinajstić information content (AvgIpc) is 3.56. The fourth-order valence-corrected chi connectivity index (χ4v) is 5.26. The summed E-state index contributed by atoms with van der Waals surface area (Å²) in [6, 6.07) is 14.0. The molecule has 1 aliphatic rings. The van der Waals surface area contributed by atoms with E-state index in [4.69, 9.17) is 4.52 Å². The van der Waals surface area contributed by atoms with Crippen LogP contribution in [0.5, 0.6) is 0 Å². The number of nitrogens with zero attached hydrogens (tertiary/aromatic N) is 2. The number of aromatic nitrogens is 1. The van der Waals surface area contributed by atoms with Crippen molar-refractivity contribution in [2.24, 2.45) is 0 Å². The van der Waals surface area contributed by atoms with Crippen molar-refractivity contribution < 1.29 is 33.6 Å². The summed E-state index contributed by atoms with van der Waals surface area (Å²) in [5.41, 5.74) is 3.51.